The monoisotopic (exact) mass is 482 g/mol. The lowest BCUT2D eigenvalue weighted by Crippen LogP contribution is -2.30. The van der Waals surface area contributed by atoms with Crippen LogP contribution in [0.3, 0.4) is 0 Å². The number of methoxy groups -OCH3 is 1. The first kappa shape index (κ1) is 23.5. The van der Waals surface area contributed by atoms with Gasteiger partial charge in [0.25, 0.3) is 20.0 Å². The molecule has 0 spiro atoms. The summed E-state index contributed by atoms with van der Waals surface area (Å²) in [6.07, 6.45) is 0. The molecule has 3 rings (SSSR count). The predicted octanol–water partition coefficient (Wildman–Crippen LogP) is 3.99. The molecule has 0 aliphatic carbocycles. The Morgan fingerprint density at radius 2 is 1.62 bits per heavy atom. The van der Waals surface area contributed by atoms with Crippen molar-refractivity contribution in [3.05, 3.63) is 78.4 Å². The van der Waals surface area contributed by atoms with Crippen LogP contribution in [0.2, 0.25) is 0 Å². The van der Waals surface area contributed by atoms with Crippen molar-refractivity contribution < 1.29 is 30.4 Å². The SMILES string of the molecule is CCN(c1ccccc1)S(=O)(=O)c1ccc(OC)c(NS(=O)(=O)c2cc(F)ccc2F)c1. The summed E-state index contributed by atoms with van der Waals surface area (Å²) in [5.74, 6) is -2.12. The van der Waals surface area contributed by atoms with Crippen LogP contribution < -0.4 is 13.8 Å². The lowest BCUT2D eigenvalue weighted by Gasteiger charge is -2.23. The van der Waals surface area contributed by atoms with E-state index in [0.717, 1.165) is 16.4 Å². The normalized spacial score (nSPS) is 11.8. The Hall–Kier alpha value is -3.18. The third-order valence-electron chi connectivity index (χ3n) is 4.52. The van der Waals surface area contributed by atoms with E-state index < -0.39 is 36.6 Å². The van der Waals surface area contributed by atoms with Crippen LogP contribution in [0.5, 0.6) is 5.75 Å². The zero-order chi connectivity index (χ0) is 23.5. The number of sulfonamides is 2. The quantitative estimate of drug-likeness (QED) is 0.524. The second-order valence-corrected chi connectivity index (χ2v) is 10.1. The zero-order valence-corrected chi connectivity index (χ0v) is 18.8. The zero-order valence-electron chi connectivity index (χ0n) is 17.1. The van der Waals surface area contributed by atoms with Gasteiger partial charge >= 0.3 is 0 Å². The van der Waals surface area contributed by atoms with Gasteiger partial charge < -0.3 is 4.74 Å². The van der Waals surface area contributed by atoms with E-state index >= 15 is 0 Å². The highest BCUT2D eigenvalue weighted by molar-refractivity contribution is 7.93. The topological polar surface area (TPSA) is 92.8 Å². The van der Waals surface area contributed by atoms with Gasteiger partial charge in [0.1, 0.15) is 22.3 Å². The average Bonchev–Trinajstić information content (AvgIpc) is 2.76. The fraction of sp³-hybridized carbons (Fsp3) is 0.143. The van der Waals surface area contributed by atoms with E-state index in [9.17, 15) is 25.6 Å². The van der Waals surface area contributed by atoms with Crippen molar-refractivity contribution in [2.24, 2.45) is 0 Å². The Morgan fingerprint density at radius 3 is 2.25 bits per heavy atom. The standard InChI is InChI=1S/C21H20F2N2O5S2/c1-3-25(16-7-5-4-6-8-16)32(28,29)17-10-12-20(30-2)19(14-17)24-31(26,27)21-13-15(22)9-11-18(21)23/h4-14,24H,3H2,1-2H3. The fourth-order valence-corrected chi connectivity index (χ4v) is 5.67. The van der Waals surface area contributed by atoms with Gasteiger partial charge in [0.2, 0.25) is 0 Å². The number of halogens is 2. The molecule has 11 heteroatoms. The van der Waals surface area contributed by atoms with Gasteiger partial charge in [-0.15, -0.1) is 0 Å². The average molecular weight is 483 g/mol. The molecule has 32 heavy (non-hydrogen) atoms. The van der Waals surface area contributed by atoms with E-state index in [-0.39, 0.29) is 22.9 Å². The smallest absolute Gasteiger partial charge is 0.265 e. The fourth-order valence-electron chi connectivity index (χ4n) is 3.02. The number of nitrogens with one attached hydrogen (secondary N) is 1. The molecule has 0 fully saturated rings. The van der Waals surface area contributed by atoms with Crippen molar-refractivity contribution in [2.75, 3.05) is 22.7 Å². The molecule has 0 atom stereocenters. The maximum absolute atomic E-state index is 14.0. The van der Waals surface area contributed by atoms with Crippen LogP contribution >= 0.6 is 0 Å². The molecule has 0 aliphatic heterocycles. The van der Waals surface area contributed by atoms with Crippen LogP contribution in [0, 0.1) is 11.6 Å². The number of hydrogen-bond donors (Lipinski definition) is 1. The third-order valence-corrected chi connectivity index (χ3v) is 7.80. The number of anilines is 2. The van der Waals surface area contributed by atoms with E-state index in [1.807, 2.05) is 0 Å². The molecule has 0 unspecified atom stereocenters. The first-order valence-electron chi connectivity index (χ1n) is 9.34. The summed E-state index contributed by atoms with van der Waals surface area (Å²) >= 11 is 0. The van der Waals surface area contributed by atoms with Gasteiger partial charge in [-0.25, -0.2) is 25.6 Å². The Labute approximate surface area is 185 Å². The van der Waals surface area contributed by atoms with Crippen LogP contribution in [0.4, 0.5) is 20.2 Å². The molecule has 170 valence electrons. The number of benzene rings is 3. The van der Waals surface area contributed by atoms with Gasteiger partial charge in [-0.3, -0.25) is 9.03 Å². The number of nitrogens with zero attached hydrogens (tertiary/aromatic N) is 1. The summed E-state index contributed by atoms with van der Waals surface area (Å²) in [5.41, 5.74) is 0.177. The van der Waals surface area contributed by atoms with Crippen LogP contribution in [0.1, 0.15) is 6.92 Å². The third kappa shape index (κ3) is 4.68. The molecular weight excluding hydrogens is 462 g/mol. The summed E-state index contributed by atoms with van der Waals surface area (Å²) in [7, 11) is -7.41. The molecule has 1 N–H and O–H groups in total. The molecular formula is C21H20F2N2O5S2. The molecule has 0 heterocycles. The number of rotatable bonds is 8. The van der Waals surface area contributed by atoms with Crippen LogP contribution in [0.25, 0.3) is 0 Å². The lowest BCUT2D eigenvalue weighted by molar-refractivity contribution is 0.416. The maximum atomic E-state index is 14.0. The molecule has 0 bridgehead atoms. The van der Waals surface area contributed by atoms with Gasteiger partial charge in [0.05, 0.1) is 23.4 Å². The van der Waals surface area contributed by atoms with Crippen molar-refractivity contribution in [1.82, 2.24) is 0 Å². The highest BCUT2D eigenvalue weighted by atomic mass is 32.2. The van der Waals surface area contributed by atoms with Gasteiger partial charge in [0, 0.05) is 6.54 Å². The molecule has 0 saturated carbocycles. The minimum Gasteiger partial charge on any atom is -0.495 e. The molecule has 0 amide bonds. The van der Waals surface area contributed by atoms with Crippen LogP contribution in [-0.4, -0.2) is 30.5 Å². The van der Waals surface area contributed by atoms with Gasteiger partial charge in [-0.2, -0.15) is 0 Å². The van der Waals surface area contributed by atoms with Crippen molar-refractivity contribution in [2.45, 2.75) is 16.7 Å². The Balaban J connectivity index is 2.06. The van der Waals surface area contributed by atoms with E-state index in [1.54, 1.807) is 37.3 Å². The van der Waals surface area contributed by atoms with E-state index in [1.165, 1.54) is 19.2 Å². The minimum atomic E-state index is -4.59. The van der Waals surface area contributed by atoms with Crippen LogP contribution in [-0.2, 0) is 20.0 Å². The molecule has 7 nitrogen and oxygen atoms in total. The molecule has 0 aromatic heterocycles. The number of para-hydroxylation sites is 1. The van der Waals surface area contributed by atoms with Gasteiger partial charge in [-0.05, 0) is 55.5 Å². The summed E-state index contributed by atoms with van der Waals surface area (Å²) in [5, 5.41) is 0. The Morgan fingerprint density at radius 1 is 0.938 bits per heavy atom. The maximum Gasteiger partial charge on any atom is 0.265 e. The highest BCUT2D eigenvalue weighted by Gasteiger charge is 2.27. The lowest BCUT2D eigenvalue weighted by atomic mass is 10.3. The molecule has 0 aliphatic rings. The van der Waals surface area contributed by atoms with E-state index in [0.29, 0.717) is 17.8 Å². The highest BCUT2D eigenvalue weighted by Crippen LogP contribution is 2.32. The Bertz CT molecular complexity index is 1330. The first-order valence-corrected chi connectivity index (χ1v) is 12.3. The molecule has 0 radical (unpaired) electrons. The van der Waals surface area contributed by atoms with Crippen molar-refractivity contribution >= 4 is 31.4 Å². The predicted molar refractivity (Wildman–Crippen MR) is 117 cm³/mol. The van der Waals surface area contributed by atoms with Crippen LogP contribution in [0.15, 0.2) is 76.5 Å². The van der Waals surface area contributed by atoms with Gasteiger partial charge in [-0.1, -0.05) is 18.2 Å². The van der Waals surface area contributed by atoms with Crippen molar-refractivity contribution in [3.63, 3.8) is 0 Å². The first-order chi connectivity index (χ1) is 15.1. The van der Waals surface area contributed by atoms with Crippen molar-refractivity contribution in [1.29, 1.82) is 0 Å². The number of ether oxygens (including phenoxy) is 1. The largest absolute Gasteiger partial charge is 0.495 e. The summed E-state index contributed by atoms with van der Waals surface area (Å²) < 4.78 is 87.8. The van der Waals surface area contributed by atoms with Crippen molar-refractivity contribution in [3.8, 4) is 5.75 Å². The summed E-state index contributed by atoms with van der Waals surface area (Å²) in [6.45, 7) is 1.78. The summed E-state index contributed by atoms with van der Waals surface area (Å²) in [4.78, 5) is -1.14. The van der Waals surface area contributed by atoms with E-state index in [4.69, 9.17) is 4.74 Å². The molecule has 3 aromatic carbocycles. The number of hydrogen-bond acceptors (Lipinski definition) is 5. The second-order valence-electron chi connectivity index (χ2n) is 6.55. The van der Waals surface area contributed by atoms with E-state index in [2.05, 4.69) is 4.72 Å². The molecule has 3 aromatic rings. The minimum absolute atomic E-state index is 0.00732. The Kier molecular flexibility index (Phi) is 6.70. The molecule has 0 saturated heterocycles. The summed E-state index contributed by atoms with van der Waals surface area (Å²) in [6, 6.07) is 14.0. The van der Waals surface area contributed by atoms with Gasteiger partial charge in [0.15, 0.2) is 0 Å². The second kappa shape index (κ2) is 9.13.